The Kier molecular flexibility index (Phi) is 2.40. The number of rotatable bonds is 2. The molecule has 0 aliphatic carbocycles. The molecule has 2 heterocycles. The van der Waals surface area contributed by atoms with Crippen LogP contribution >= 0.6 is 0 Å². The molecule has 13 heavy (non-hydrogen) atoms. The van der Waals surface area contributed by atoms with Gasteiger partial charge in [-0.15, -0.1) is 0 Å². The average molecular weight is 179 g/mol. The van der Waals surface area contributed by atoms with E-state index in [1.165, 1.54) is 18.4 Å². The molecule has 1 aromatic rings. The zero-order valence-corrected chi connectivity index (χ0v) is 8.29. The summed E-state index contributed by atoms with van der Waals surface area (Å²) in [6.45, 7) is 4.49. The second-order valence-electron chi connectivity index (χ2n) is 3.98. The van der Waals surface area contributed by atoms with Crippen LogP contribution in [0.25, 0.3) is 0 Å². The highest BCUT2D eigenvalue weighted by Gasteiger charge is 2.31. The van der Waals surface area contributed by atoms with E-state index in [-0.39, 0.29) is 0 Å². The SMILES string of the molecule is CCC1NC(C)CC1c1ccoc1. The zero-order chi connectivity index (χ0) is 9.26. The molecule has 1 N–H and O–H groups in total. The smallest absolute Gasteiger partial charge is 0.0937 e. The minimum Gasteiger partial charge on any atom is -0.472 e. The third-order valence-electron chi connectivity index (χ3n) is 3.00. The van der Waals surface area contributed by atoms with E-state index < -0.39 is 0 Å². The van der Waals surface area contributed by atoms with Gasteiger partial charge in [0.25, 0.3) is 0 Å². The van der Waals surface area contributed by atoms with Crippen molar-refractivity contribution in [1.82, 2.24) is 5.32 Å². The molecule has 1 aliphatic rings. The predicted octanol–water partition coefficient (Wildman–Crippen LogP) is 2.52. The van der Waals surface area contributed by atoms with E-state index in [9.17, 15) is 0 Å². The van der Waals surface area contributed by atoms with E-state index in [1.54, 1.807) is 6.26 Å². The van der Waals surface area contributed by atoms with E-state index in [2.05, 4.69) is 25.2 Å². The average Bonchev–Trinajstić information content (AvgIpc) is 2.71. The van der Waals surface area contributed by atoms with Crippen molar-refractivity contribution in [3.63, 3.8) is 0 Å². The highest BCUT2D eigenvalue weighted by atomic mass is 16.3. The van der Waals surface area contributed by atoms with Gasteiger partial charge >= 0.3 is 0 Å². The first-order valence-corrected chi connectivity index (χ1v) is 5.09. The summed E-state index contributed by atoms with van der Waals surface area (Å²) in [5.74, 6) is 0.652. The molecule has 0 bridgehead atoms. The Morgan fingerprint density at radius 3 is 3.08 bits per heavy atom. The van der Waals surface area contributed by atoms with Crippen LogP contribution in [-0.2, 0) is 0 Å². The van der Waals surface area contributed by atoms with Crippen molar-refractivity contribution in [3.05, 3.63) is 24.2 Å². The van der Waals surface area contributed by atoms with E-state index in [1.807, 2.05) is 6.26 Å². The van der Waals surface area contributed by atoms with Gasteiger partial charge in [-0.05, 0) is 31.4 Å². The van der Waals surface area contributed by atoms with Crippen molar-refractivity contribution in [3.8, 4) is 0 Å². The highest BCUT2D eigenvalue weighted by molar-refractivity contribution is 5.18. The van der Waals surface area contributed by atoms with Crippen LogP contribution < -0.4 is 5.32 Å². The molecule has 1 aliphatic heterocycles. The lowest BCUT2D eigenvalue weighted by molar-refractivity contribution is 0.509. The Labute approximate surface area is 79.3 Å². The van der Waals surface area contributed by atoms with Gasteiger partial charge < -0.3 is 9.73 Å². The molecular formula is C11H17NO. The van der Waals surface area contributed by atoms with Crippen LogP contribution in [-0.4, -0.2) is 12.1 Å². The summed E-state index contributed by atoms with van der Waals surface area (Å²) >= 11 is 0. The second-order valence-corrected chi connectivity index (χ2v) is 3.98. The van der Waals surface area contributed by atoms with E-state index in [0.717, 1.165) is 0 Å². The number of nitrogens with one attached hydrogen (secondary N) is 1. The third kappa shape index (κ3) is 1.63. The van der Waals surface area contributed by atoms with Gasteiger partial charge in [0.2, 0.25) is 0 Å². The van der Waals surface area contributed by atoms with Gasteiger partial charge in [0.05, 0.1) is 12.5 Å². The summed E-state index contributed by atoms with van der Waals surface area (Å²) in [6, 6.07) is 3.37. The summed E-state index contributed by atoms with van der Waals surface area (Å²) in [7, 11) is 0. The lowest BCUT2D eigenvalue weighted by Crippen LogP contribution is -2.28. The van der Waals surface area contributed by atoms with Gasteiger partial charge in [-0.1, -0.05) is 6.92 Å². The van der Waals surface area contributed by atoms with Crippen LogP contribution in [0.1, 0.15) is 38.2 Å². The Hall–Kier alpha value is -0.760. The summed E-state index contributed by atoms with van der Waals surface area (Å²) in [4.78, 5) is 0. The molecule has 2 nitrogen and oxygen atoms in total. The third-order valence-corrected chi connectivity index (χ3v) is 3.00. The van der Waals surface area contributed by atoms with Crippen molar-refractivity contribution in [1.29, 1.82) is 0 Å². The van der Waals surface area contributed by atoms with Crippen molar-refractivity contribution < 1.29 is 4.42 Å². The Morgan fingerprint density at radius 2 is 2.46 bits per heavy atom. The quantitative estimate of drug-likeness (QED) is 0.754. The second kappa shape index (κ2) is 3.54. The molecule has 0 aromatic carbocycles. The van der Waals surface area contributed by atoms with Crippen molar-refractivity contribution in [2.24, 2.45) is 0 Å². The lowest BCUT2D eigenvalue weighted by Gasteiger charge is -2.15. The van der Waals surface area contributed by atoms with Gasteiger partial charge in [-0.25, -0.2) is 0 Å². The fraction of sp³-hybridized carbons (Fsp3) is 0.636. The number of hydrogen-bond donors (Lipinski definition) is 1. The first-order chi connectivity index (χ1) is 6.31. The summed E-state index contributed by atoms with van der Waals surface area (Å²) in [5, 5.41) is 3.60. The maximum atomic E-state index is 5.13. The molecule has 72 valence electrons. The van der Waals surface area contributed by atoms with Crippen LogP contribution in [0.5, 0.6) is 0 Å². The summed E-state index contributed by atoms with van der Waals surface area (Å²) in [5.41, 5.74) is 1.35. The van der Waals surface area contributed by atoms with E-state index in [4.69, 9.17) is 4.42 Å². The van der Waals surface area contributed by atoms with Crippen LogP contribution in [0.2, 0.25) is 0 Å². The normalized spacial score (nSPS) is 33.8. The molecule has 0 amide bonds. The molecule has 3 unspecified atom stereocenters. The van der Waals surface area contributed by atoms with Crippen molar-refractivity contribution in [2.75, 3.05) is 0 Å². The monoisotopic (exact) mass is 179 g/mol. The lowest BCUT2D eigenvalue weighted by atomic mass is 9.92. The van der Waals surface area contributed by atoms with Crippen LogP contribution in [0.4, 0.5) is 0 Å². The molecule has 0 spiro atoms. The van der Waals surface area contributed by atoms with E-state index in [0.29, 0.717) is 18.0 Å². The van der Waals surface area contributed by atoms with Gasteiger partial charge in [-0.3, -0.25) is 0 Å². The molecule has 1 aromatic heterocycles. The maximum Gasteiger partial charge on any atom is 0.0937 e. The Balaban J connectivity index is 2.14. The van der Waals surface area contributed by atoms with E-state index >= 15 is 0 Å². The molecule has 0 radical (unpaired) electrons. The molecular weight excluding hydrogens is 162 g/mol. The fourth-order valence-electron chi connectivity index (χ4n) is 2.35. The minimum absolute atomic E-state index is 0.632. The topological polar surface area (TPSA) is 25.2 Å². The number of hydrogen-bond acceptors (Lipinski definition) is 2. The molecule has 1 saturated heterocycles. The van der Waals surface area contributed by atoms with Crippen LogP contribution in [0.3, 0.4) is 0 Å². The highest BCUT2D eigenvalue weighted by Crippen LogP contribution is 2.32. The van der Waals surface area contributed by atoms with Gasteiger partial charge in [-0.2, -0.15) is 0 Å². The molecule has 3 atom stereocenters. The predicted molar refractivity (Wildman–Crippen MR) is 52.7 cm³/mol. The maximum absolute atomic E-state index is 5.13. The van der Waals surface area contributed by atoms with Gasteiger partial charge in [0.1, 0.15) is 0 Å². The standard InChI is InChI=1S/C11H17NO/c1-3-11-10(6-8(2)12-11)9-4-5-13-7-9/h4-5,7-8,10-12H,3,6H2,1-2H3. The first-order valence-electron chi connectivity index (χ1n) is 5.09. The summed E-state index contributed by atoms with van der Waals surface area (Å²) in [6.07, 6.45) is 6.08. The largest absolute Gasteiger partial charge is 0.472 e. The summed E-state index contributed by atoms with van der Waals surface area (Å²) < 4.78 is 5.13. The fourth-order valence-corrected chi connectivity index (χ4v) is 2.35. The molecule has 2 rings (SSSR count). The van der Waals surface area contributed by atoms with Crippen LogP contribution in [0.15, 0.2) is 23.0 Å². The molecule has 0 saturated carbocycles. The van der Waals surface area contributed by atoms with Crippen molar-refractivity contribution in [2.45, 2.75) is 44.7 Å². The van der Waals surface area contributed by atoms with Crippen molar-refractivity contribution >= 4 is 0 Å². The van der Waals surface area contributed by atoms with Gasteiger partial charge in [0, 0.05) is 18.0 Å². The molecule has 1 fully saturated rings. The van der Waals surface area contributed by atoms with Crippen LogP contribution in [0, 0.1) is 0 Å². The zero-order valence-electron chi connectivity index (χ0n) is 8.29. The number of furan rings is 1. The Bertz CT molecular complexity index is 255. The first kappa shape index (κ1) is 8.82. The van der Waals surface area contributed by atoms with Gasteiger partial charge in [0.15, 0.2) is 0 Å². The Morgan fingerprint density at radius 1 is 1.62 bits per heavy atom. The molecule has 2 heteroatoms. The minimum atomic E-state index is 0.632.